The van der Waals surface area contributed by atoms with Crippen molar-refractivity contribution in [2.45, 2.75) is 32.4 Å². The Hall–Kier alpha value is -1.11. The second-order valence-electron chi connectivity index (χ2n) is 6.38. The lowest BCUT2D eigenvalue weighted by atomic mass is 10.1. The third-order valence-electron chi connectivity index (χ3n) is 4.39. The van der Waals surface area contributed by atoms with Crippen LogP contribution in [0, 0.1) is 0 Å². The number of urea groups is 1. The van der Waals surface area contributed by atoms with Crippen LogP contribution in [0.15, 0.2) is 16.8 Å². The largest absolute Gasteiger partial charge is 0.377 e. The topological polar surface area (TPSA) is 44.8 Å². The van der Waals surface area contributed by atoms with Gasteiger partial charge >= 0.3 is 6.03 Å². The van der Waals surface area contributed by atoms with Crippen LogP contribution in [0.4, 0.5) is 4.79 Å². The number of hydrogen-bond acceptors (Lipinski definition) is 4. The third-order valence-corrected chi connectivity index (χ3v) is 5.09. The molecule has 0 aliphatic carbocycles. The summed E-state index contributed by atoms with van der Waals surface area (Å²) in [7, 11) is 1.66. The van der Waals surface area contributed by atoms with Gasteiger partial charge in [0.25, 0.3) is 0 Å². The summed E-state index contributed by atoms with van der Waals surface area (Å²) in [6.07, 6.45) is 0. The zero-order valence-corrected chi connectivity index (χ0v) is 14.8. The fraction of sp³-hybridized carbons (Fsp3) is 0.688. The molecule has 1 aromatic heterocycles. The Balaban J connectivity index is 1.78. The maximum absolute atomic E-state index is 12.2. The molecule has 0 radical (unpaired) electrons. The Kier molecular flexibility index (Phi) is 5.83. The molecular weight excluding hydrogens is 298 g/mol. The van der Waals surface area contributed by atoms with Gasteiger partial charge in [-0.25, -0.2) is 4.79 Å². The lowest BCUT2D eigenvalue weighted by Crippen LogP contribution is -2.53. The van der Waals surface area contributed by atoms with Gasteiger partial charge in [0, 0.05) is 45.9 Å². The number of rotatable bonds is 5. The fourth-order valence-corrected chi connectivity index (χ4v) is 3.26. The third kappa shape index (κ3) is 4.44. The van der Waals surface area contributed by atoms with Crippen LogP contribution in [0.1, 0.15) is 32.4 Å². The van der Waals surface area contributed by atoms with E-state index in [-0.39, 0.29) is 11.6 Å². The summed E-state index contributed by atoms with van der Waals surface area (Å²) in [5.74, 6) is 0. The number of amides is 2. The van der Waals surface area contributed by atoms with Crippen molar-refractivity contribution in [2.75, 3.05) is 39.8 Å². The van der Waals surface area contributed by atoms with E-state index in [1.54, 1.807) is 18.4 Å². The number of piperazine rings is 1. The lowest BCUT2D eigenvalue weighted by Gasteiger charge is -2.38. The van der Waals surface area contributed by atoms with Crippen molar-refractivity contribution in [1.29, 1.82) is 0 Å². The molecule has 2 rings (SSSR count). The molecule has 1 unspecified atom stereocenters. The molecule has 0 saturated carbocycles. The first-order valence-corrected chi connectivity index (χ1v) is 8.71. The maximum atomic E-state index is 12.2. The minimum atomic E-state index is -0.328. The van der Waals surface area contributed by atoms with Gasteiger partial charge in [-0.05, 0) is 43.2 Å². The Bertz CT molecular complexity index is 468. The first-order chi connectivity index (χ1) is 10.4. The van der Waals surface area contributed by atoms with Gasteiger partial charge in [0.1, 0.15) is 0 Å². The summed E-state index contributed by atoms with van der Waals surface area (Å²) in [4.78, 5) is 16.5. The van der Waals surface area contributed by atoms with Crippen molar-refractivity contribution in [3.8, 4) is 0 Å². The van der Waals surface area contributed by atoms with Crippen LogP contribution in [0.25, 0.3) is 0 Å². The summed E-state index contributed by atoms with van der Waals surface area (Å²) in [5, 5.41) is 7.28. The zero-order valence-electron chi connectivity index (χ0n) is 14.0. The van der Waals surface area contributed by atoms with E-state index in [0.717, 1.165) is 26.2 Å². The standard InChI is InChI=1S/C16H27N3O2S/c1-13(14-5-10-22-11-14)18-6-8-19(9-7-18)15(20)17-12-16(2,3)21-4/h5,10-11,13H,6-9,12H2,1-4H3,(H,17,20). The summed E-state index contributed by atoms with van der Waals surface area (Å²) < 4.78 is 5.32. The van der Waals surface area contributed by atoms with Crippen molar-refractivity contribution >= 4 is 17.4 Å². The van der Waals surface area contributed by atoms with Crippen LogP contribution in [0.5, 0.6) is 0 Å². The number of nitrogens with one attached hydrogen (secondary N) is 1. The van der Waals surface area contributed by atoms with Crippen molar-refractivity contribution < 1.29 is 9.53 Å². The molecule has 1 saturated heterocycles. The van der Waals surface area contributed by atoms with Crippen LogP contribution in [-0.2, 0) is 4.74 Å². The van der Waals surface area contributed by atoms with Crippen molar-refractivity contribution in [1.82, 2.24) is 15.1 Å². The molecular formula is C16H27N3O2S. The molecule has 2 heterocycles. The predicted octanol–water partition coefficient (Wildman–Crippen LogP) is 2.56. The number of ether oxygens (including phenoxy) is 1. The Morgan fingerprint density at radius 3 is 2.64 bits per heavy atom. The van der Waals surface area contributed by atoms with E-state index >= 15 is 0 Å². The molecule has 5 nitrogen and oxygen atoms in total. The monoisotopic (exact) mass is 325 g/mol. The molecule has 124 valence electrons. The maximum Gasteiger partial charge on any atom is 0.317 e. The summed E-state index contributed by atoms with van der Waals surface area (Å²) in [5.41, 5.74) is 1.04. The molecule has 22 heavy (non-hydrogen) atoms. The number of hydrogen-bond donors (Lipinski definition) is 1. The second kappa shape index (κ2) is 7.44. The molecule has 6 heteroatoms. The number of methoxy groups -OCH3 is 1. The molecule has 1 fully saturated rings. The number of carbonyl (C=O) groups excluding carboxylic acids is 1. The Morgan fingerprint density at radius 2 is 2.09 bits per heavy atom. The minimum absolute atomic E-state index is 0.00737. The van der Waals surface area contributed by atoms with Gasteiger partial charge in [0.05, 0.1) is 5.60 Å². The van der Waals surface area contributed by atoms with Crippen molar-refractivity contribution in [2.24, 2.45) is 0 Å². The zero-order chi connectivity index (χ0) is 16.2. The average molecular weight is 325 g/mol. The van der Waals surface area contributed by atoms with Gasteiger partial charge in [-0.15, -0.1) is 0 Å². The van der Waals surface area contributed by atoms with Gasteiger partial charge < -0.3 is 15.0 Å². The molecule has 1 atom stereocenters. The minimum Gasteiger partial charge on any atom is -0.377 e. The number of carbonyl (C=O) groups is 1. The molecule has 1 aromatic rings. The highest BCUT2D eigenvalue weighted by Gasteiger charge is 2.26. The number of thiophene rings is 1. The molecule has 0 aromatic carbocycles. The Labute approximate surface area is 137 Å². The first-order valence-electron chi connectivity index (χ1n) is 7.77. The van der Waals surface area contributed by atoms with Gasteiger partial charge in [0.15, 0.2) is 0 Å². The van der Waals surface area contributed by atoms with E-state index in [2.05, 4.69) is 34.0 Å². The molecule has 0 bridgehead atoms. The summed E-state index contributed by atoms with van der Waals surface area (Å²) >= 11 is 1.74. The lowest BCUT2D eigenvalue weighted by molar-refractivity contribution is 0.0235. The van der Waals surface area contributed by atoms with Crippen LogP contribution in [0.3, 0.4) is 0 Å². The van der Waals surface area contributed by atoms with E-state index < -0.39 is 0 Å². The summed E-state index contributed by atoms with van der Waals surface area (Å²) in [6.45, 7) is 10.1. The van der Waals surface area contributed by atoms with Gasteiger partial charge in [-0.1, -0.05) is 0 Å². The first kappa shape index (κ1) is 17.2. The summed E-state index contributed by atoms with van der Waals surface area (Å²) in [6, 6.07) is 2.61. The van der Waals surface area contributed by atoms with E-state index in [4.69, 9.17) is 4.74 Å². The average Bonchev–Trinajstić information content (AvgIpc) is 3.06. The molecule has 2 amide bonds. The van der Waals surface area contributed by atoms with E-state index in [0.29, 0.717) is 12.6 Å². The van der Waals surface area contributed by atoms with E-state index in [1.165, 1.54) is 5.56 Å². The van der Waals surface area contributed by atoms with Crippen LogP contribution >= 0.6 is 11.3 Å². The van der Waals surface area contributed by atoms with Crippen LogP contribution < -0.4 is 5.32 Å². The second-order valence-corrected chi connectivity index (χ2v) is 7.16. The van der Waals surface area contributed by atoms with Crippen molar-refractivity contribution in [3.05, 3.63) is 22.4 Å². The molecule has 1 N–H and O–H groups in total. The predicted molar refractivity (Wildman–Crippen MR) is 90.4 cm³/mol. The molecule has 0 spiro atoms. The highest BCUT2D eigenvalue weighted by atomic mass is 32.1. The van der Waals surface area contributed by atoms with Crippen LogP contribution in [0.2, 0.25) is 0 Å². The SMILES string of the molecule is COC(C)(C)CNC(=O)N1CCN(C(C)c2ccsc2)CC1. The molecule has 1 aliphatic heterocycles. The van der Waals surface area contributed by atoms with Gasteiger partial charge in [0.2, 0.25) is 0 Å². The van der Waals surface area contributed by atoms with E-state index in [1.807, 2.05) is 18.7 Å². The van der Waals surface area contributed by atoms with Gasteiger partial charge in [-0.3, -0.25) is 4.90 Å². The number of nitrogens with zero attached hydrogens (tertiary/aromatic N) is 2. The quantitative estimate of drug-likeness (QED) is 0.905. The highest BCUT2D eigenvalue weighted by Crippen LogP contribution is 2.23. The smallest absolute Gasteiger partial charge is 0.317 e. The highest BCUT2D eigenvalue weighted by molar-refractivity contribution is 7.07. The van der Waals surface area contributed by atoms with E-state index in [9.17, 15) is 4.79 Å². The normalized spacial score (nSPS) is 18.3. The van der Waals surface area contributed by atoms with Crippen molar-refractivity contribution in [3.63, 3.8) is 0 Å². The Morgan fingerprint density at radius 1 is 1.41 bits per heavy atom. The molecule has 1 aliphatic rings. The fourth-order valence-electron chi connectivity index (χ4n) is 2.51. The van der Waals surface area contributed by atoms with Gasteiger partial charge in [-0.2, -0.15) is 11.3 Å². The van der Waals surface area contributed by atoms with Crippen LogP contribution in [-0.4, -0.2) is 61.3 Å².